The summed E-state index contributed by atoms with van der Waals surface area (Å²) in [4.78, 5) is 12.3. The molecule has 7 heteroatoms. The standard InChI is InChI=1S/C21H19F5O2/c1-13(14-9-15(19(22)23)11-17(10-14)21(24,25)26)28-12-20(8-7-18(20)27)16-5-3-2-4-6-16/h2-6,9-11,13,19H,7-8,12H2,1H3. The summed E-state index contributed by atoms with van der Waals surface area (Å²) in [6, 6.07) is 11.3. The Labute approximate surface area is 159 Å². The number of halogens is 5. The van der Waals surface area contributed by atoms with Crippen molar-refractivity contribution in [3.63, 3.8) is 0 Å². The maximum absolute atomic E-state index is 13.1. The van der Waals surface area contributed by atoms with Gasteiger partial charge in [0, 0.05) is 12.0 Å². The molecule has 0 amide bonds. The zero-order valence-corrected chi connectivity index (χ0v) is 15.1. The number of Topliss-reactive ketones (excluding diaryl/α,β-unsaturated/α-hetero) is 1. The fraction of sp³-hybridized carbons (Fsp3) is 0.381. The summed E-state index contributed by atoms with van der Waals surface area (Å²) >= 11 is 0. The number of ketones is 1. The van der Waals surface area contributed by atoms with Crippen molar-refractivity contribution in [2.45, 2.75) is 43.9 Å². The molecule has 1 aliphatic rings. The smallest absolute Gasteiger partial charge is 0.372 e. The van der Waals surface area contributed by atoms with Crippen LogP contribution in [0.3, 0.4) is 0 Å². The molecular formula is C21H19F5O2. The van der Waals surface area contributed by atoms with E-state index in [0.29, 0.717) is 18.9 Å². The fourth-order valence-electron chi connectivity index (χ4n) is 3.39. The second-order valence-corrected chi connectivity index (χ2v) is 7.01. The zero-order valence-electron chi connectivity index (χ0n) is 15.1. The van der Waals surface area contributed by atoms with Crippen molar-refractivity contribution in [2.24, 2.45) is 0 Å². The van der Waals surface area contributed by atoms with Crippen LogP contribution in [0.1, 0.15) is 54.5 Å². The molecule has 2 unspecified atom stereocenters. The number of hydrogen-bond donors (Lipinski definition) is 0. The van der Waals surface area contributed by atoms with Crippen LogP contribution in [0, 0.1) is 0 Å². The molecule has 3 rings (SSSR count). The Morgan fingerprint density at radius 3 is 2.21 bits per heavy atom. The second kappa shape index (κ2) is 7.62. The summed E-state index contributed by atoms with van der Waals surface area (Å²) in [7, 11) is 0. The lowest BCUT2D eigenvalue weighted by molar-refractivity contribution is -0.137. The number of ether oxygens (including phenoxy) is 1. The first-order chi connectivity index (χ1) is 13.1. The molecule has 0 N–H and O–H groups in total. The van der Waals surface area contributed by atoms with E-state index in [4.69, 9.17) is 4.74 Å². The van der Waals surface area contributed by atoms with Crippen molar-refractivity contribution >= 4 is 5.78 Å². The lowest BCUT2D eigenvalue weighted by atomic mass is 9.64. The Hall–Kier alpha value is -2.28. The van der Waals surface area contributed by atoms with Crippen molar-refractivity contribution < 1.29 is 31.5 Å². The number of carbonyl (C=O) groups excluding carboxylic acids is 1. The van der Waals surface area contributed by atoms with Gasteiger partial charge in [-0.2, -0.15) is 13.2 Å². The van der Waals surface area contributed by atoms with E-state index >= 15 is 0 Å². The molecule has 2 nitrogen and oxygen atoms in total. The molecule has 2 aromatic carbocycles. The van der Waals surface area contributed by atoms with Gasteiger partial charge in [0.1, 0.15) is 5.78 Å². The van der Waals surface area contributed by atoms with Crippen LogP contribution >= 0.6 is 0 Å². The topological polar surface area (TPSA) is 26.3 Å². The zero-order chi connectivity index (χ0) is 20.5. The van der Waals surface area contributed by atoms with E-state index in [2.05, 4.69) is 0 Å². The van der Waals surface area contributed by atoms with E-state index in [1.807, 2.05) is 18.2 Å². The molecule has 1 saturated carbocycles. The number of carbonyl (C=O) groups is 1. The summed E-state index contributed by atoms with van der Waals surface area (Å²) in [5.41, 5.74) is -1.90. The Kier molecular flexibility index (Phi) is 5.57. The third kappa shape index (κ3) is 3.94. The van der Waals surface area contributed by atoms with Crippen LogP contribution in [0.5, 0.6) is 0 Å². The molecule has 1 fully saturated rings. The lowest BCUT2D eigenvalue weighted by Gasteiger charge is -2.40. The molecule has 0 aromatic heterocycles. The molecular weight excluding hydrogens is 379 g/mol. The Balaban J connectivity index is 1.84. The van der Waals surface area contributed by atoms with Crippen LogP contribution < -0.4 is 0 Å². The molecule has 2 aromatic rings. The van der Waals surface area contributed by atoms with Crippen LogP contribution in [0.2, 0.25) is 0 Å². The van der Waals surface area contributed by atoms with E-state index < -0.39 is 35.2 Å². The van der Waals surface area contributed by atoms with Gasteiger partial charge in [-0.25, -0.2) is 8.78 Å². The second-order valence-electron chi connectivity index (χ2n) is 7.01. The Morgan fingerprint density at radius 1 is 1.07 bits per heavy atom. The van der Waals surface area contributed by atoms with Crippen molar-refractivity contribution in [3.05, 3.63) is 70.8 Å². The lowest BCUT2D eigenvalue weighted by Crippen LogP contribution is -2.48. The van der Waals surface area contributed by atoms with E-state index in [0.717, 1.165) is 17.7 Å². The Morgan fingerprint density at radius 2 is 1.71 bits per heavy atom. The van der Waals surface area contributed by atoms with Gasteiger partial charge < -0.3 is 4.74 Å². The molecule has 2 atom stereocenters. The van der Waals surface area contributed by atoms with Crippen molar-refractivity contribution in [1.29, 1.82) is 0 Å². The molecule has 0 heterocycles. The van der Waals surface area contributed by atoms with E-state index in [-0.39, 0.29) is 18.0 Å². The van der Waals surface area contributed by atoms with Gasteiger partial charge in [0.2, 0.25) is 0 Å². The third-order valence-electron chi connectivity index (χ3n) is 5.25. The highest BCUT2D eigenvalue weighted by molar-refractivity contribution is 5.96. The molecule has 0 saturated heterocycles. The minimum atomic E-state index is -4.74. The molecule has 1 aliphatic carbocycles. The molecule has 0 spiro atoms. The van der Waals surface area contributed by atoms with Gasteiger partial charge in [-0.3, -0.25) is 4.79 Å². The predicted molar refractivity (Wildman–Crippen MR) is 93.1 cm³/mol. The highest BCUT2D eigenvalue weighted by Crippen LogP contribution is 2.42. The Bertz CT molecular complexity index is 848. The normalized spacial score (nSPS) is 20.9. The first-order valence-electron chi connectivity index (χ1n) is 8.84. The quantitative estimate of drug-likeness (QED) is 0.556. The maximum Gasteiger partial charge on any atom is 0.416 e. The van der Waals surface area contributed by atoms with Crippen LogP contribution in [-0.2, 0) is 21.1 Å². The highest BCUT2D eigenvalue weighted by Gasteiger charge is 2.47. The van der Waals surface area contributed by atoms with Crippen molar-refractivity contribution in [2.75, 3.05) is 6.61 Å². The van der Waals surface area contributed by atoms with Gasteiger partial charge in [0.25, 0.3) is 6.43 Å². The van der Waals surface area contributed by atoms with Crippen molar-refractivity contribution in [1.82, 2.24) is 0 Å². The van der Waals surface area contributed by atoms with Gasteiger partial charge in [0.05, 0.1) is 23.7 Å². The summed E-state index contributed by atoms with van der Waals surface area (Å²) in [5.74, 6) is 0.00297. The summed E-state index contributed by atoms with van der Waals surface area (Å²) < 4.78 is 71.0. The number of hydrogen-bond acceptors (Lipinski definition) is 2. The van der Waals surface area contributed by atoms with E-state index in [1.165, 1.54) is 6.92 Å². The number of rotatable bonds is 6. The summed E-state index contributed by atoms with van der Waals surface area (Å²) in [5, 5.41) is 0. The van der Waals surface area contributed by atoms with Gasteiger partial charge in [-0.05, 0) is 42.7 Å². The van der Waals surface area contributed by atoms with Crippen molar-refractivity contribution in [3.8, 4) is 0 Å². The van der Waals surface area contributed by atoms with Gasteiger partial charge >= 0.3 is 6.18 Å². The van der Waals surface area contributed by atoms with E-state index in [1.54, 1.807) is 12.1 Å². The molecule has 0 bridgehead atoms. The highest BCUT2D eigenvalue weighted by atomic mass is 19.4. The average Bonchev–Trinajstić information content (AvgIpc) is 2.66. The summed E-state index contributed by atoms with van der Waals surface area (Å²) in [6.45, 7) is 1.48. The van der Waals surface area contributed by atoms with Crippen LogP contribution in [0.25, 0.3) is 0 Å². The summed E-state index contributed by atoms with van der Waals surface area (Å²) in [6.07, 6.45) is -7.67. The first kappa shape index (κ1) is 20.5. The first-order valence-corrected chi connectivity index (χ1v) is 8.84. The van der Waals surface area contributed by atoms with E-state index in [9.17, 15) is 26.7 Å². The largest absolute Gasteiger partial charge is 0.416 e. The van der Waals surface area contributed by atoms with Crippen LogP contribution in [0.15, 0.2) is 48.5 Å². The minimum absolute atomic E-state index is 0.000101. The molecule has 28 heavy (non-hydrogen) atoms. The van der Waals surface area contributed by atoms with Crippen LogP contribution in [0.4, 0.5) is 22.0 Å². The maximum atomic E-state index is 13.1. The molecule has 0 radical (unpaired) electrons. The minimum Gasteiger partial charge on any atom is -0.372 e. The van der Waals surface area contributed by atoms with Crippen LogP contribution in [-0.4, -0.2) is 12.4 Å². The average molecular weight is 398 g/mol. The predicted octanol–water partition coefficient (Wildman–Crippen LogP) is 6.02. The number of benzene rings is 2. The van der Waals surface area contributed by atoms with Gasteiger partial charge in [0.15, 0.2) is 0 Å². The fourth-order valence-corrected chi connectivity index (χ4v) is 3.39. The number of alkyl halides is 5. The third-order valence-corrected chi connectivity index (χ3v) is 5.25. The van der Waals surface area contributed by atoms with Gasteiger partial charge in [-0.1, -0.05) is 30.3 Å². The molecule has 0 aliphatic heterocycles. The molecule has 150 valence electrons. The SMILES string of the molecule is CC(OCC1(c2ccccc2)CCC1=O)c1cc(C(F)F)cc(C(F)(F)F)c1. The monoisotopic (exact) mass is 398 g/mol. The van der Waals surface area contributed by atoms with Gasteiger partial charge in [-0.15, -0.1) is 0 Å².